The van der Waals surface area contributed by atoms with Crippen LogP contribution in [0.1, 0.15) is 498 Å². The lowest BCUT2D eigenvalue weighted by atomic mass is 9.78. The number of hydrogen-bond acceptors (Lipinski definition) is 5. The van der Waals surface area contributed by atoms with Gasteiger partial charge in [-0.1, -0.05) is 427 Å². The second-order valence-corrected chi connectivity index (χ2v) is 59.0. The molecule has 6 heterocycles. The summed E-state index contributed by atoms with van der Waals surface area (Å²) < 4.78 is 17.5. The quantitative estimate of drug-likeness (QED) is 0.281. The highest BCUT2D eigenvalue weighted by molar-refractivity contribution is 6.32. The molecule has 746 valence electrons. The van der Waals surface area contributed by atoms with Crippen molar-refractivity contribution in [2.24, 2.45) is 91.2 Å². The number of H-pyrrole nitrogens is 1. The average Bonchev–Trinajstić information content (AvgIpc) is 1.60. The Labute approximate surface area is 822 Å². The Kier molecular flexibility index (Phi) is 36.5. The third-order valence-electron chi connectivity index (χ3n) is 29.3. The van der Waals surface area contributed by atoms with Crippen LogP contribution in [-0.2, 0) is 38.3 Å². The van der Waals surface area contributed by atoms with Crippen LogP contribution < -0.4 is 0 Å². The van der Waals surface area contributed by atoms with Crippen LogP contribution in [0.25, 0.3) is 0 Å². The van der Waals surface area contributed by atoms with Crippen LogP contribution in [0.15, 0.2) is 169 Å². The zero-order valence-electron chi connectivity index (χ0n) is 96.4. The van der Waals surface area contributed by atoms with E-state index in [0.717, 1.165) is 70.0 Å². The molecule has 0 amide bonds. The van der Waals surface area contributed by atoms with Gasteiger partial charge >= 0.3 is 0 Å². The first-order chi connectivity index (χ1) is 59.1. The van der Waals surface area contributed by atoms with Crippen LogP contribution in [0.5, 0.6) is 0 Å². The van der Waals surface area contributed by atoms with Crippen molar-refractivity contribution in [3.8, 4) is 0 Å². The van der Waals surface area contributed by atoms with E-state index < -0.39 is 0 Å². The summed E-state index contributed by atoms with van der Waals surface area (Å²) in [5.41, 5.74) is 44.8. The van der Waals surface area contributed by atoms with Crippen molar-refractivity contribution in [1.82, 2.24) is 4.98 Å². The van der Waals surface area contributed by atoms with E-state index in [0.29, 0.717) is 37.9 Å². The first-order valence-electron chi connectivity index (χ1n) is 52.0. The second-order valence-electron chi connectivity index (χ2n) is 58.6. The molecule has 14 rings (SSSR count). The monoisotopic (exact) mass is 1830 g/mol. The molecule has 0 radical (unpaired) electrons. The molecule has 0 unspecified atom stereocenters. The van der Waals surface area contributed by atoms with Crippen LogP contribution in [0, 0.1) is 81.2 Å². The maximum absolute atomic E-state index is 6.27. The predicted octanol–water partition coefficient (Wildman–Crippen LogP) is 39.7. The number of allylic oxidation sites excluding steroid dienone is 24. The first kappa shape index (κ1) is 116. The molecular formula is C125H206ClN3O3. The SMILES string of the molecule is CC(C)(C)C1=C2CCCC2=C(C(C)(C)C)C1.CC(C)(C)C1=C2CCCCC2=C(C(C)(C)C)C1.CC(C)(C)C1=C2CCCOC2=C(C(C)(C)C)C1.CC(C)(C)C1=C2CCOC2=C(C(C)(C)C)C1.CC(C)(C)C1=CC(Cl)=C(C(C)(C)C)C1.CC(C)(C)C1=CC=C(C(C)(C)C)C1.CC(C)(C)C1=CN=C(C(C)(C)C)C1.CC(C)(C)c1[nH]c(C(C)(C)C)c2c1COC2.CC1=NC=C(C(C)(C)C)C1. The minimum atomic E-state index is 0.168. The topological polar surface area (TPSA) is 68.2 Å². The molecule has 0 atom stereocenters. The van der Waals surface area contributed by atoms with E-state index in [1.165, 1.54) is 167 Å². The molecule has 5 aliphatic heterocycles. The minimum absolute atomic E-state index is 0.168. The molecule has 0 bridgehead atoms. The number of halogens is 1. The Bertz CT molecular complexity index is 4380. The highest BCUT2D eigenvalue weighted by Crippen LogP contribution is 2.58. The predicted molar refractivity (Wildman–Crippen MR) is 584 cm³/mol. The summed E-state index contributed by atoms with van der Waals surface area (Å²) in [5, 5.41) is 0.961. The Morgan fingerprint density at radius 1 is 0.258 bits per heavy atom. The lowest BCUT2D eigenvalue weighted by Gasteiger charge is -2.26. The van der Waals surface area contributed by atoms with Gasteiger partial charge in [0.2, 0.25) is 0 Å². The molecule has 0 aromatic carbocycles. The van der Waals surface area contributed by atoms with Gasteiger partial charge in [0.05, 0.1) is 26.4 Å². The molecule has 1 N–H and O–H groups in total. The number of nitrogens with zero attached hydrogens (tertiary/aromatic N) is 2. The molecule has 7 heteroatoms. The number of aromatic amines is 1. The molecule has 2 saturated heterocycles. The van der Waals surface area contributed by atoms with Crippen molar-refractivity contribution in [3.05, 3.63) is 181 Å². The van der Waals surface area contributed by atoms with Crippen molar-refractivity contribution in [3.63, 3.8) is 0 Å². The van der Waals surface area contributed by atoms with Crippen molar-refractivity contribution >= 4 is 23.0 Å². The summed E-state index contributed by atoms with van der Waals surface area (Å²) in [6.45, 7) is 122. The van der Waals surface area contributed by atoms with E-state index in [-0.39, 0.29) is 54.1 Å². The van der Waals surface area contributed by atoms with Crippen LogP contribution in [0.3, 0.4) is 0 Å². The normalized spacial score (nSPS) is 20.1. The van der Waals surface area contributed by atoms with E-state index in [1.54, 1.807) is 66.9 Å². The van der Waals surface area contributed by atoms with Crippen molar-refractivity contribution in [1.29, 1.82) is 0 Å². The van der Waals surface area contributed by atoms with Gasteiger partial charge in [-0.2, -0.15) is 0 Å². The molecular weight excluding hydrogens is 1630 g/mol. The summed E-state index contributed by atoms with van der Waals surface area (Å²) in [7, 11) is 0. The molecule has 2 saturated carbocycles. The molecule has 13 aliphatic rings. The Hall–Kier alpha value is -5.17. The number of fused-ring (bicyclic) bond motifs is 5. The Morgan fingerprint density at radius 2 is 0.553 bits per heavy atom. The van der Waals surface area contributed by atoms with Crippen LogP contribution in [-0.4, -0.2) is 29.6 Å². The number of aliphatic imine (C=N–C) groups is 2. The van der Waals surface area contributed by atoms with Gasteiger partial charge in [0.25, 0.3) is 0 Å². The van der Waals surface area contributed by atoms with E-state index >= 15 is 0 Å². The lowest BCUT2D eigenvalue weighted by molar-refractivity contribution is 0.132. The number of ether oxygens (including phenoxy) is 3. The summed E-state index contributed by atoms with van der Waals surface area (Å²) in [5.74, 6) is 2.48. The molecule has 132 heavy (non-hydrogen) atoms. The highest BCUT2D eigenvalue weighted by Gasteiger charge is 2.44. The fraction of sp³-hybridized carbons (Fsp3) is 0.728. The standard InChI is InChI=1S/C17H28.C16H26O.C16H26.C15H24O.C14H23NO.C13H21Cl.C13H22.C12H21N.C9H15N/c1-16(2,3)14-11-15(17(4,5)6)13-10-8-7-9-12(13)14;1-15(2,3)12-10-13(16(4,5)6)14-11(12)8-7-9-17-14;1-15(2,3)13-10-14(16(4,5)6)12-9-7-8-11(12)13;1-14(2,3)11-9-12(15(4,5)6)13-10(11)7-8-16-13;1-13(2,3)11-9-7-16-8-10(9)12(15-11)14(4,5)6;1-12(2,3)9-7-10(11(14)8-9)13(4,5)6;1-12(2,3)10-7-8-11(9-10)13(4,5)6;1-11(2,3)9-7-10(13-8-9)12(4,5)6;1-7-5-8(6-10-7)9(2,3)4/h7-11H2,1-6H3;7-10H2,1-6H3;7-10H2,1-6H3;7-9H2,1-6H3;15H,7-8H2,1-6H3;8H,7H2,1-6H3;7-8H,9H2,1-6H3;8H,7H2,1-6H3;6H,5H2,1-4H3. The largest absolute Gasteiger partial charge is 0.493 e. The molecule has 0 spiro atoms. The van der Waals surface area contributed by atoms with Gasteiger partial charge in [-0.05, 0) is 246 Å². The zero-order chi connectivity index (χ0) is 102. The third kappa shape index (κ3) is 31.2. The van der Waals surface area contributed by atoms with Crippen LogP contribution in [0.4, 0.5) is 0 Å². The molecule has 1 aromatic rings. The second kappa shape index (κ2) is 41.7. The molecule has 4 fully saturated rings. The Morgan fingerprint density at radius 3 is 0.818 bits per heavy atom. The smallest absolute Gasteiger partial charge is 0.122 e. The van der Waals surface area contributed by atoms with Crippen LogP contribution in [0.2, 0.25) is 0 Å². The van der Waals surface area contributed by atoms with Crippen LogP contribution >= 0.6 is 11.6 Å². The number of hydrogen-bond donors (Lipinski definition) is 1. The van der Waals surface area contributed by atoms with Gasteiger partial charge in [-0.3, -0.25) is 9.98 Å². The lowest BCUT2D eigenvalue weighted by Crippen LogP contribution is -2.20. The number of rotatable bonds is 0. The van der Waals surface area contributed by atoms with Gasteiger partial charge < -0.3 is 19.2 Å². The van der Waals surface area contributed by atoms with Gasteiger partial charge in [0, 0.05) is 86.9 Å². The fourth-order valence-electron chi connectivity index (χ4n) is 20.2. The average molecular weight is 1830 g/mol. The Balaban J connectivity index is 0.000000229. The van der Waals surface area contributed by atoms with E-state index in [1.807, 2.05) is 6.20 Å². The summed E-state index contributed by atoms with van der Waals surface area (Å²) in [6.07, 6.45) is 32.9. The van der Waals surface area contributed by atoms with Gasteiger partial charge in [-0.25, -0.2) is 0 Å². The van der Waals surface area contributed by atoms with Gasteiger partial charge in [0.1, 0.15) is 11.5 Å². The first-order valence-corrected chi connectivity index (χ1v) is 52.4. The van der Waals surface area contributed by atoms with Crippen molar-refractivity contribution in [2.45, 2.75) is 500 Å². The summed E-state index contributed by atoms with van der Waals surface area (Å²) in [6, 6.07) is 0. The van der Waals surface area contributed by atoms with Crippen molar-refractivity contribution < 1.29 is 14.2 Å². The van der Waals surface area contributed by atoms with Crippen molar-refractivity contribution in [2.75, 3.05) is 13.2 Å². The van der Waals surface area contributed by atoms with E-state index in [2.05, 4.69) is 399 Å². The maximum Gasteiger partial charge on any atom is 0.122 e. The highest BCUT2D eigenvalue weighted by atomic mass is 35.5. The molecule has 6 nitrogen and oxygen atoms in total. The fourth-order valence-corrected chi connectivity index (χ4v) is 20.7. The number of aromatic nitrogens is 1. The number of nitrogens with one attached hydrogen (secondary N) is 1. The van der Waals surface area contributed by atoms with Gasteiger partial charge in [-0.15, -0.1) is 0 Å². The van der Waals surface area contributed by atoms with E-state index in [9.17, 15) is 0 Å². The summed E-state index contributed by atoms with van der Waals surface area (Å²) in [4.78, 5) is 12.4. The van der Waals surface area contributed by atoms with Gasteiger partial charge in [0.15, 0.2) is 0 Å². The van der Waals surface area contributed by atoms with E-state index in [4.69, 9.17) is 25.8 Å². The minimum Gasteiger partial charge on any atom is -0.493 e. The third-order valence-corrected chi connectivity index (χ3v) is 29.6. The summed E-state index contributed by atoms with van der Waals surface area (Å²) >= 11 is 6.27. The molecule has 8 aliphatic carbocycles. The maximum atomic E-state index is 6.27. The molecule has 1 aromatic heterocycles. The zero-order valence-corrected chi connectivity index (χ0v) is 97.2.